The molecule has 3 rings (SSSR count). The molecule has 5 nitrogen and oxygen atoms in total. The Morgan fingerprint density at radius 1 is 0.862 bits per heavy atom. The standard InChI is InChI=1S/C22H19ClFN3O2/c23-20-14-15(24)6-11-19(20)22(29)25-13-12-21(28)27-18-9-7-17(8-10-18)26-16-4-2-1-3-5-16/h1-11,14,26H,12-13H2,(H,25,29)(H,27,28). The largest absolute Gasteiger partial charge is 0.356 e. The zero-order chi connectivity index (χ0) is 20.6. The van der Waals surface area contributed by atoms with Gasteiger partial charge in [0.05, 0.1) is 10.6 Å². The summed E-state index contributed by atoms with van der Waals surface area (Å²) in [5.74, 6) is -1.21. The summed E-state index contributed by atoms with van der Waals surface area (Å²) in [5.41, 5.74) is 2.69. The molecule has 0 aliphatic heterocycles. The van der Waals surface area contributed by atoms with E-state index in [0.29, 0.717) is 5.69 Å². The van der Waals surface area contributed by atoms with Crippen molar-refractivity contribution in [3.63, 3.8) is 0 Å². The summed E-state index contributed by atoms with van der Waals surface area (Å²) in [6.45, 7) is 0.131. The van der Waals surface area contributed by atoms with Crippen LogP contribution in [0.2, 0.25) is 5.02 Å². The second-order valence-corrected chi connectivity index (χ2v) is 6.65. The molecule has 0 aliphatic carbocycles. The minimum absolute atomic E-state index is 0.0242. The molecule has 3 aromatic carbocycles. The van der Waals surface area contributed by atoms with Crippen LogP contribution in [0.4, 0.5) is 21.5 Å². The van der Waals surface area contributed by atoms with Gasteiger partial charge in [0.2, 0.25) is 5.91 Å². The topological polar surface area (TPSA) is 70.2 Å². The van der Waals surface area contributed by atoms with Crippen LogP contribution in [0.1, 0.15) is 16.8 Å². The Kier molecular flexibility index (Phi) is 6.81. The first-order chi connectivity index (χ1) is 14.0. The van der Waals surface area contributed by atoms with Crippen LogP contribution >= 0.6 is 11.6 Å². The van der Waals surface area contributed by atoms with Crippen molar-refractivity contribution in [1.82, 2.24) is 5.32 Å². The number of hydrogen-bond donors (Lipinski definition) is 3. The van der Waals surface area contributed by atoms with Gasteiger partial charge in [-0.3, -0.25) is 9.59 Å². The van der Waals surface area contributed by atoms with E-state index in [4.69, 9.17) is 11.6 Å². The van der Waals surface area contributed by atoms with E-state index in [-0.39, 0.29) is 29.5 Å². The summed E-state index contributed by atoms with van der Waals surface area (Å²) in [4.78, 5) is 24.1. The quantitative estimate of drug-likeness (QED) is 0.513. The molecule has 0 aromatic heterocycles. The molecule has 0 aliphatic rings. The predicted octanol–water partition coefficient (Wildman–Crippen LogP) is 4.98. The Hall–Kier alpha value is -3.38. The number of benzene rings is 3. The summed E-state index contributed by atoms with van der Waals surface area (Å²) < 4.78 is 13.0. The third kappa shape index (κ3) is 6.05. The van der Waals surface area contributed by atoms with Crippen molar-refractivity contribution in [1.29, 1.82) is 0 Å². The van der Waals surface area contributed by atoms with Crippen LogP contribution in [0, 0.1) is 5.82 Å². The smallest absolute Gasteiger partial charge is 0.252 e. The number of amides is 2. The SMILES string of the molecule is O=C(CCNC(=O)c1ccc(F)cc1Cl)Nc1ccc(Nc2ccccc2)cc1. The molecule has 0 radical (unpaired) electrons. The Morgan fingerprint density at radius 2 is 1.52 bits per heavy atom. The molecular formula is C22H19ClFN3O2. The van der Waals surface area contributed by atoms with Crippen molar-refractivity contribution in [2.45, 2.75) is 6.42 Å². The highest BCUT2D eigenvalue weighted by Gasteiger charge is 2.11. The fraction of sp³-hybridized carbons (Fsp3) is 0.0909. The van der Waals surface area contributed by atoms with Crippen molar-refractivity contribution in [3.05, 3.63) is 89.2 Å². The fourth-order valence-corrected chi connectivity index (χ4v) is 2.86. The van der Waals surface area contributed by atoms with Crippen LogP contribution in [-0.4, -0.2) is 18.4 Å². The highest BCUT2D eigenvalue weighted by molar-refractivity contribution is 6.33. The van der Waals surface area contributed by atoms with Gasteiger partial charge in [-0.05, 0) is 54.6 Å². The Balaban J connectivity index is 1.45. The van der Waals surface area contributed by atoms with Crippen LogP contribution < -0.4 is 16.0 Å². The lowest BCUT2D eigenvalue weighted by atomic mass is 10.2. The summed E-state index contributed by atoms with van der Waals surface area (Å²) in [7, 11) is 0. The van der Waals surface area contributed by atoms with Crippen LogP contribution in [0.25, 0.3) is 0 Å². The predicted molar refractivity (Wildman–Crippen MR) is 113 cm³/mol. The van der Waals surface area contributed by atoms with Gasteiger partial charge in [-0.2, -0.15) is 0 Å². The Morgan fingerprint density at radius 3 is 2.21 bits per heavy atom. The van der Waals surface area contributed by atoms with E-state index in [9.17, 15) is 14.0 Å². The number of rotatable bonds is 7. The third-order valence-corrected chi connectivity index (χ3v) is 4.36. The van der Waals surface area contributed by atoms with Gasteiger partial charge in [0.1, 0.15) is 5.82 Å². The van der Waals surface area contributed by atoms with Gasteiger partial charge in [-0.1, -0.05) is 29.8 Å². The second-order valence-electron chi connectivity index (χ2n) is 6.25. The number of carbonyl (C=O) groups is 2. The van der Waals surface area contributed by atoms with Gasteiger partial charge >= 0.3 is 0 Å². The van der Waals surface area contributed by atoms with Gasteiger partial charge in [0.25, 0.3) is 5.91 Å². The number of hydrogen-bond acceptors (Lipinski definition) is 3. The molecule has 0 bridgehead atoms. The van der Waals surface area contributed by atoms with E-state index in [1.54, 1.807) is 12.1 Å². The second kappa shape index (κ2) is 9.71. The summed E-state index contributed by atoms with van der Waals surface area (Å²) in [5, 5.41) is 8.65. The van der Waals surface area contributed by atoms with E-state index in [0.717, 1.165) is 23.5 Å². The average molecular weight is 412 g/mol. The number of halogens is 2. The number of carbonyl (C=O) groups excluding carboxylic acids is 2. The minimum atomic E-state index is -0.518. The molecule has 0 spiro atoms. The zero-order valence-corrected chi connectivity index (χ0v) is 16.2. The first kappa shape index (κ1) is 20.4. The maximum atomic E-state index is 13.0. The molecule has 3 aromatic rings. The van der Waals surface area contributed by atoms with Crippen molar-refractivity contribution < 1.29 is 14.0 Å². The summed E-state index contributed by atoms with van der Waals surface area (Å²) >= 11 is 5.85. The minimum Gasteiger partial charge on any atom is -0.356 e. The maximum absolute atomic E-state index is 13.0. The average Bonchev–Trinajstić information content (AvgIpc) is 2.70. The van der Waals surface area contributed by atoms with Crippen LogP contribution in [0.15, 0.2) is 72.8 Å². The normalized spacial score (nSPS) is 10.3. The lowest BCUT2D eigenvalue weighted by Gasteiger charge is -2.09. The van der Waals surface area contributed by atoms with Gasteiger partial charge in [0.15, 0.2) is 0 Å². The number of nitrogens with one attached hydrogen (secondary N) is 3. The van der Waals surface area contributed by atoms with E-state index in [1.165, 1.54) is 6.07 Å². The monoisotopic (exact) mass is 411 g/mol. The highest BCUT2D eigenvalue weighted by atomic mass is 35.5. The molecule has 2 amide bonds. The third-order valence-electron chi connectivity index (χ3n) is 4.04. The van der Waals surface area contributed by atoms with Crippen LogP contribution in [0.5, 0.6) is 0 Å². The molecule has 3 N–H and O–H groups in total. The van der Waals surface area contributed by atoms with Crippen LogP contribution in [-0.2, 0) is 4.79 Å². The number of anilines is 3. The molecule has 0 saturated heterocycles. The van der Waals surface area contributed by atoms with E-state index >= 15 is 0 Å². The highest BCUT2D eigenvalue weighted by Crippen LogP contribution is 2.19. The molecule has 0 unspecified atom stereocenters. The van der Waals surface area contributed by atoms with E-state index in [1.807, 2.05) is 42.5 Å². The van der Waals surface area contributed by atoms with Gasteiger partial charge in [-0.15, -0.1) is 0 Å². The fourth-order valence-electron chi connectivity index (χ4n) is 2.61. The maximum Gasteiger partial charge on any atom is 0.252 e. The molecule has 7 heteroatoms. The van der Waals surface area contributed by atoms with E-state index < -0.39 is 11.7 Å². The first-order valence-corrected chi connectivity index (χ1v) is 9.34. The lowest BCUT2D eigenvalue weighted by molar-refractivity contribution is -0.116. The molecule has 0 atom stereocenters. The van der Waals surface area contributed by atoms with Crippen molar-refractivity contribution >= 4 is 40.5 Å². The van der Waals surface area contributed by atoms with Crippen molar-refractivity contribution in [2.24, 2.45) is 0 Å². The molecule has 0 saturated carbocycles. The van der Waals surface area contributed by atoms with Gasteiger partial charge in [0, 0.05) is 30.0 Å². The van der Waals surface area contributed by atoms with Crippen molar-refractivity contribution in [2.75, 3.05) is 17.2 Å². The van der Waals surface area contributed by atoms with E-state index in [2.05, 4.69) is 16.0 Å². The van der Waals surface area contributed by atoms with Gasteiger partial charge < -0.3 is 16.0 Å². The molecule has 148 valence electrons. The lowest BCUT2D eigenvalue weighted by Crippen LogP contribution is -2.27. The molecule has 0 heterocycles. The van der Waals surface area contributed by atoms with Crippen molar-refractivity contribution in [3.8, 4) is 0 Å². The molecular weight excluding hydrogens is 393 g/mol. The first-order valence-electron chi connectivity index (χ1n) is 8.96. The summed E-state index contributed by atoms with van der Waals surface area (Å²) in [6, 6.07) is 20.6. The summed E-state index contributed by atoms with van der Waals surface area (Å²) in [6.07, 6.45) is 0.0918. The molecule has 29 heavy (non-hydrogen) atoms. The zero-order valence-electron chi connectivity index (χ0n) is 15.4. The Labute approximate surface area is 172 Å². The van der Waals surface area contributed by atoms with Crippen LogP contribution in [0.3, 0.4) is 0 Å². The Bertz CT molecular complexity index is 995. The molecule has 0 fully saturated rings. The number of para-hydroxylation sites is 1. The van der Waals surface area contributed by atoms with Gasteiger partial charge in [-0.25, -0.2) is 4.39 Å².